The molecule has 5 rings (SSSR count). The van der Waals surface area contributed by atoms with Crippen molar-refractivity contribution in [3.8, 4) is 0 Å². The van der Waals surface area contributed by atoms with Gasteiger partial charge in [-0.15, -0.1) is 0 Å². The number of benzene rings is 3. The lowest BCUT2D eigenvalue weighted by Crippen LogP contribution is -2.19. The second kappa shape index (κ2) is 8.93. The first kappa shape index (κ1) is 21.6. The van der Waals surface area contributed by atoms with Crippen molar-refractivity contribution in [2.75, 3.05) is 0 Å². The number of nitrogens with zero attached hydrogens (tertiary/aromatic N) is 2. The highest BCUT2D eigenvalue weighted by atomic mass is 35.5. The molecule has 4 aromatic rings. The van der Waals surface area contributed by atoms with Crippen LogP contribution in [-0.2, 0) is 11.3 Å². The molecule has 33 heavy (non-hydrogen) atoms. The number of amides is 1. The van der Waals surface area contributed by atoms with Crippen molar-refractivity contribution in [3.63, 3.8) is 0 Å². The Balaban J connectivity index is 1.46. The van der Waals surface area contributed by atoms with Crippen molar-refractivity contribution >= 4 is 57.1 Å². The minimum atomic E-state index is -0.128. The van der Waals surface area contributed by atoms with Gasteiger partial charge in [0.1, 0.15) is 0 Å². The summed E-state index contributed by atoms with van der Waals surface area (Å²) in [5.41, 5.74) is 6.52. The highest BCUT2D eigenvalue weighted by Crippen LogP contribution is 2.31. The molecular weight excluding hydrogens is 450 g/mol. The molecule has 1 saturated heterocycles. The molecule has 4 nitrogen and oxygen atoms in total. The van der Waals surface area contributed by atoms with Crippen molar-refractivity contribution < 1.29 is 4.79 Å². The summed E-state index contributed by atoms with van der Waals surface area (Å²) in [6.45, 7) is 4.85. The van der Waals surface area contributed by atoms with Gasteiger partial charge in [0.25, 0.3) is 5.91 Å². The lowest BCUT2D eigenvalue weighted by molar-refractivity contribution is -0.115. The maximum absolute atomic E-state index is 12.7. The fourth-order valence-corrected chi connectivity index (χ4v) is 4.80. The lowest BCUT2D eigenvalue weighted by atomic mass is 10.1. The smallest absolute Gasteiger partial charge is 0.264 e. The van der Waals surface area contributed by atoms with Gasteiger partial charge in [-0.2, -0.15) is 0 Å². The van der Waals surface area contributed by atoms with Crippen LogP contribution in [0.1, 0.15) is 22.3 Å². The van der Waals surface area contributed by atoms with Crippen LogP contribution < -0.4 is 5.32 Å². The number of para-hydroxylation sites is 1. The summed E-state index contributed by atoms with van der Waals surface area (Å²) >= 11 is 7.40. The van der Waals surface area contributed by atoms with Crippen molar-refractivity contribution in [2.45, 2.75) is 20.4 Å². The molecule has 164 valence electrons. The number of carbonyl (C=O) groups is 1. The average molecular weight is 472 g/mol. The molecule has 0 unspecified atom stereocenters. The quantitative estimate of drug-likeness (QED) is 0.331. The van der Waals surface area contributed by atoms with Crippen molar-refractivity contribution in [2.24, 2.45) is 4.99 Å². The van der Waals surface area contributed by atoms with Crippen LogP contribution in [0.25, 0.3) is 17.0 Å². The van der Waals surface area contributed by atoms with E-state index in [0.717, 1.165) is 39.3 Å². The minimum Gasteiger partial charge on any atom is -0.342 e. The van der Waals surface area contributed by atoms with Crippen LogP contribution >= 0.6 is 23.4 Å². The molecule has 0 atom stereocenters. The van der Waals surface area contributed by atoms with Crippen LogP contribution in [0.15, 0.2) is 82.8 Å². The topological polar surface area (TPSA) is 46.4 Å². The van der Waals surface area contributed by atoms with Gasteiger partial charge in [0.2, 0.25) is 0 Å². The second-order valence-corrected chi connectivity index (χ2v) is 9.57. The van der Waals surface area contributed by atoms with Crippen molar-refractivity contribution in [1.29, 1.82) is 0 Å². The number of halogens is 1. The maximum atomic E-state index is 12.7. The van der Waals surface area contributed by atoms with Crippen LogP contribution in [0.3, 0.4) is 0 Å². The Morgan fingerprint density at radius 3 is 2.61 bits per heavy atom. The van der Waals surface area contributed by atoms with Crippen LogP contribution in [0.4, 0.5) is 5.69 Å². The van der Waals surface area contributed by atoms with E-state index in [1.807, 2.05) is 60.7 Å². The zero-order valence-electron chi connectivity index (χ0n) is 18.3. The third-order valence-electron chi connectivity index (χ3n) is 5.74. The summed E-state index contributed by atoms with van der Waals surface area (Å²) in [6.07, 6.45) is 4.04. The Hall–Kier alpha value is -3.28. The van der Waals surface area contributed by atoms with E-state index >= 15 is 0 Å². The first-order chi connectivity index (χ1) is 16.0. The molecule has 1 aliphatic rings. The molecule has 0 aliphatic carbocycles. The Kier molecular flexibility index (Phi) is 5.83. The number of thioether (sulfide) groups is 1. The number of amidine groups is 1. The lowest BCUT2D eigenvalue weighted by Gasteiger charge is -2.05. The van der Waals surface area contributed by atoms with Crippen LogP contribution in [0.5, 0.6) is 0 Å². The van der Waals surface area contributed by atoms with Gasteiger partial charge in [0, 0.05) is 34.2 Å². The number of hydrogen-bond acceptors (Lipinski definition) is 3. The summed E-state index contributed by atoms with van der Waals surface area (Å²) < 4.78 is 2.20. The van der Waals surface area contributed by atoms with Gasteiger partial charge in [-0.05, 0) is 78.7 Å². The van der Waals surface area contributed by atoms with E-state index in [9.17, 15) is 4.79 Å². The number of fused-ring (bicyclic) bond motifs is 1. The van der Waals surface area contributed by atoms with E-state index < -0.39 is 0 Å². The second-order valence-electron chi connectivity index (χ2n) is 8.11. The third-order valence-corrected chi connectivity index (χ3v) is 6.91. The first-order valence-electron chi connectivity index (χ1n) is 10.7. The fraction of sp³-hybridized carbons (Fsp3) is 0.111. The van der Waals surface area contributed by atoms with Crippen LogP contribution in [0.2, 0.25) is 5.02 Å². The number of nitrogens with one attached hydrogen (secondary N) is 1. The van der Waals surface area contributed by atoms with Crippen LogP contribution in [-0.4, -0.2) is 15.6 Å². The zero-order valence-corrected chi connectivity index (χ0v) is 19.9. The number of aryl methyl sites for hydroxylation is 2. The molecule has 0 radical (unpaired) electrons. The molecule has 1 aliphatic heterocycles. The molecule has 1 amide bonds. The predicted molar refractivity (Wildman–Crippen MR) is 139 cm³/mol. The van der Waals surface area contributed by atoms with E-state index in [4.69, 9.17) is 11.6 Å². The molecule has 0 saturated carbocycles. The van der Waals surface area contributed by atoms with Crippen LogP contribution in [0, 0.1) is 13.8 Å². The van der Waals surface area contributed by atoms with Gasteiger partial charge in [-0.1, -0.05) is 48.0 Å². The number of carbonyl (C=O) groups excluding carboxylic acids is 1. The highest BCUT2D eigenvalue weighted by Gasteiger charge is 2.24. The summed E-state index contributed by atoms with van der Waals surface area (Å²) in [4.78, 5) is 17.9. The molecular formula is C27H22ClN3OS. The van der Waals surface area contributed by atoms with Crippen molar-refractivity contribution in [1.82, 2.24) is 9.88 Å². The summed E-state index contributed by atoms with van der Waals surface area (Å²) in [7, 11) is 0. The van der Waals surface area contributed by atoms with Gasteiger partial charge in [0.15, 0.2) is 5.17 Å². The number of aliphatic imine (C=N–C) groups is 1. The SMILES string of the molecule is Cc1ccc(N=C2NC(=O)/C(=C\c3cn(Cc4ccc(Cl)cc4)c4ccccc34)S2)cc1C. The van der Waals surface area contributed by atoms with Gasteiger partial charge < -0.3 is 9.88 Å². The summed E-state index contributed by atoms with van der Waals surface area (Å²) in [5, 5.41) is 5.32. The molecule has 1 aromatic heterocycles. The molecule has 0 spiro atoms. The van der Waals surface area contributed by atoms with E-state index in [2.05, 4.69) is 47.1 Å². The van der Waals surface area contributed by atoms with Gasteiger partial charge >= 0.3 is 0 Å². The number of hydrogen-bond donors (Lipinski definition) is 1. The van der Waals surface area contributed by atoms with Gasteiger partial charge in [-0.25, -0.2) is 4.99 Å². The minimum absolute atomic E-state index is 0.128. The Morgan fingerprint density at radius 1 is 1.03 bits per heavy atom. The Bertz CT molecular complexity index is 1430. The molecule has 0 bridgehead atoms. The standard InChI is InChI=1S/C27H22ClN3OS/c1-17-7-12-22(13-18(17)2)29-27-30-26(32)25(33-27)14-20-16-31(24-6-4-3-5-23(20)24)15-19-8-10-21(28)11-9-19/h3-14,16H,15H2,1-2H3,(H,29,30,32)/b25-14+. The first-order valence-corrected chi connectivity index (χ1v) is 11.8. The Morgan fingerprint density at radius 2 is 1.82 bits per heavy atom. The Labute approximate surface area is 202 Å². The number of aromatic nitrogens is 1. The molecule has 1 N–H and O–H groups in total. The molecule has 2 heterocycles. The van der Waals surface area contributed by atoms with Gasteiger partial charge in [-0.3, -0.25) is 4.79 Å². The zero-order chi connectivity index (χ0) is 22.9. The molecule has 6 heteroatoms. The third kappa shape index (κ3) is 4.61. The number of rotatable bonds is 4. The van der Waals surface area contributed by atoms with Crippen molar-refractivity contribution in [3.05, 3.63) is 105 Å². The molecule has 3 aromatic carbocycles. The largest absolute Gasteiger partial charge is 0.342 e. The van der Waals surface area contributed by atoms with Gasteiger partial charge in [0.05, 0.1) is 10.6 Å². The summed E-state index contributed by atoms with van der Waals surface area (Å²) in [6, 6.07) is 22.1. The van der Waals surface area contributed by atoms with E-state index in [0.29, 0.717) is 10.1 Å². The molecule has 1 fully saturated rings. The van der Waals surface area contributed by atoms with E-state index in [1.165, 1.54) is 22.9 Å². The predicted octanol–water partition coefficient (Wildman–Crippen LogP) is 6.85. The normalized spacial score (nSPS) is 16.2. The van der Waals surface area contributed by atoms with E-state index in [1.54, 1.807) is 0 Å². The average Bonchev–Trinajstić information content (AvgIpc) is 3.32. The van der Waals surface area contributed by atoms with E-state index in [-0.39, 0.29) is 5.91 Å². The maximum Gasteiger partial charge on any atom is 0.264 e. The summed E-state index contributed by atoms with van der Waals surface area (Å²) in [5.74, 6) is -0.128. The fourth-order valence-electron chi connectivity index (χ4n) is 3.84. The monoisotopic (exact) mass is 471 g/mol. The highest BCUT2D eigenvalue weighted by molar-refractivity contribution is 8.18.